The molecule has 0 radical (unpaired) electrons. The summed E-state index contributed by atoms with van der Waals surface area (Å²) < 4.78 is 5.74. The van der Waals surface area contributed by atoms with E-state index in [0.29, 0.717) is 0 Å². The van der Waals surface area contributed by atoms with Gasteiger partial charge in [-0.1, -0.05) is 79.2 Å². The van der Waals surface area contributed by atoms with Crippen LogP contribution in [0.4, 0.5) is 0 Å². The third kappa shape index (κ3) is 8.10. The monoisotopic (exact) mass is 324 g/mol. The molecule has 0 aliphatic carbocycles. The molecule has 0 atom stereocenters. The lowest BCUT2D eigenvalue weighted by molar-refractivity contribution is 0.304. The summed E-state index contributed by atoms with van der Waals surface area (Å²) in [6, 6.07) is 8.28. The summed E-state index contributed by atoms with van der Waals surface area (Å²) in [6.07, 6.45) is 12.0. The molecule has 0 fully saturated rings. The van der Waals surface area contributed by atoms with Gasteiger partial charge in [-0.25, -0.2) is 0 Å². The van der Waals surface area contributed by atoms with Crippen molar-refractivity contribution in [1.29, 1.82) is 0 Å². The summed E-state index contributed by atoms with van der Waals surface area (Å²) in [5.74, 6) is 0.976. The topological polar surface area (TPSA) is 9.23 Å². The predicted octanol–water partition coefficient (Wildman–Crippen LogP) is 5.83. The van der Waals surface area contributed by atoms with Crippen molar-refractivity contribution < 1.29 is 4.74 Å². The maximum Gasteiger partial charge on any atom is 0.119 e. The molecule has 19 heavy (non-hydrogen) atoms. The van der Waals surface area contributed by atoms with E-state index in [0.717, 1.165) is 24.1 Å². The normalized spacial score (nSPS) is 11.1. The van der Waals surface area contributed by atoms with E-state index >= 15 is 0 Å². The average molecular weight is 325 g/mol. The van der Waals surface area contributed by atoms with Crippen molar-refractivity contribution in [2.45, 2.75) is 45.4 Å². The Balaban J connectivity index is 2.14. The van der Waals surface area contributed by atoms with Crippen LogP contribution in [0.25, 0.3) is 6.08 Å². The summed E-state index contributed by atoms with van der Waals surface area (Å²) in [5.41, 5.74) is 1.21. The smallest absolute Gasteiger partial charge is 0.119 e. The van der Waals surface area contributed by atoms with Crippen LogP contribution in [0.3, 0.4) is 0 Å². The van der Waals surface area contributed by atoms with Gasteiger partial charge in [-0.15, -0.1) is 0 Å². The highest BCUT2D eigenvalue weighted by Gasteiger charge is 1.94. The molecule has 0 spiro atoms. The second-order valence-corrected chi connectivity index (χ2v) is 5.39. The van der Waals surface area contributed by atoms with E-state index in [2.05, 4.69) is 47.1 Å². The summed E-state index contributed by atoms with van der Waals surface area (Å²) in [4.78, 5) is 0. The quantitative estimate of drug-likeness (QED) is 0.388. The SMILES string of the molecule is CCCCCCCCOc1ccc(C=CCBr)cc1. The molecule has 0 saturated heterocycles. The maximum absolute atomic E-state index is 5.74. The third-order valence-corrected chi connectivity index (χ3v) is 3.42. The lowest BCUT2D eigenvalue weighted by atomic mass is 10.1. The summed E-state index contributed by atoms with van der Waals surface area (Å²) in [5, 5.41) is 0.892. The number of hydrogen-bond acceptors (Lipinski definition) is 1. The fourth-order valence-corrected chi connectivity index (χ4v) is 2.12. The summed E-state index contributed by atoms with van der Waals surface area (Å²) >= 11 is 3.37. The molecular formula is C17H25BrO. The van der Waals surface area contributed by atoms with Crippen LogP contribution in [0.1, 0.15) is 51.0 Å². The van der Waals surface area contributed by atoms with Gasteiger partial charge in [0.1, 0.15) is 5.75 Å². The fraction of sp³-hybridized carbons (Fsp3) is 0.529. The van der Waals surface area contributed by atoms with Crippen LogP contribution in [-0.2, 0) is 0 Å². The van der Waals surface area contributed by atoms with Crippen molar-refractivity contribution in [3.05, 3.63) is 35.9 Å². The molecule has 0 saturated carbocycles. The number of ether oxygens (including phenoxy) is 1. The molecule has 0 aliphatic heterocycles. The van der Waals surface area contributed by atoms with E-state index in [1.54, 1.807) is 0 Å². The summed E-state index contributed by atoms with van der Waals surface area (Å²) in [7, 11) is 0. The molecule has 0 amide bonds. The molecule has 1 aromatic rings. The Kier molecular flexibility index (Phi) is 9.52. The van der Waals surface area contributed by atoms with Crippen molar-refractivity contribution in [2.75, 3.05) is 11.9 Å². The number of allylic oxidation sites excluding steroid dienone is 1. The van der Waals surface area contributed by atoms with Gasteiger partial charge >= 0.3 is 0 Å². The van der Waals surface area contributed by atoms with Crippen LogP contribution in [-0.4, -0.2) is 11.9 Å². The number of halogens is 1. The minimum atomic E-state index is 0.836. The van der Waals surface area contributed by atoms with Crippen LogP contribution >= 0.6 is 15.9 Å². The van der Waals surface area contributed by atoms with Crippen molar-refractivity contribution >= 4 is 22.0 Å². The summed E-state index contributed by atoms with van der Waals surface area (Å²) in [6.45, 7) is 3.09. The average Bonchev–Trinajstić information content (AvgIpc) is 2.45. The molecule has 0 heterocycles. The Morgan fingerprint density at radius 3 is 2.37 bits per heavy atom. The van der Waals surface area contributed by atoms with Crippen LogP contribution in [0.2, 0.25) is 0 Å². The molecule has 0 bridgehead atoms. The zero-order valence-corrected chi connectivity index (χ0v) is 13.5. The van der Waals surface area contributed by atoms with Crippen LogP contribution in [0.5, 0.6) is 5.75 Å². The van der Waals surface area contributed by atoms with E-state index in [9.17, 15) is 0 Å². The predicted molar refractivity (Wildman–Crippen MR) is 88.1 cm³/mol. The zero-order chi connectivity index (χ0) is 13.8. The van der Waals surface area contributed by atoms with Gasteiger partial charge in [0.2, 0.25) is 0 Å². The van der Waals surface area contributed by atoms with Gasteiger partial charge in [0, 0.05) is 5.33 Å². The Labute approximate surface area is 126 Å². The number of unbranched alkanes of at least 4 members (excludes halogenated alkanes) is 5. The van der Waals surface area contributed by atoms with Crippen molar-refractivity contribution in [1.82, 2.24) is 0 Å². The zero-order valence-electron chi connectivity index (χ0n) is 11.9. The molecule has 0 aliphatic rings. The van der Waals surface area contributed by atoms with Crippen LogP contribution < -0.4 is 4.74 Å². The molecule has 1 aromatic carbocycles. The highest BCUT2D eigenvalue weighted by atomic mass is 79.9. The number of rotatable bonds is 10. The van der Waals surface area contributed by atoms with Crippen LogP contribution in [0, 0.1) is 0 Å². The van der Waals surface area contributed by atoms with Gasteiger partial charge in [-0.3, -0.25) is 0 Å². The van der Waals surface area contributed by atoms with Crippen molar-refractivity contribution in [3.8, 4) is 5.75 Å². The van der Waals surface area contributed by atoms with Gasteiger partial charge in [0.05, 0.1) is 6.61 Å². The fourth-order valence-electron chi connectivity index (χ4n) is 1.93. The van der Waals surface area contributed by atoms with E-state index in [1.165, 1.54) is 37.7 Å². The molecule has 0 N–H and O–H groups in total. The van der Waals surface area contributed by atoms with E-state index in [4.69, 9.17) is 4.74 Å². The molecule has 1 nitrogen and oxygen atoms in total. The molecule has 106 valence electrons. The van der Waals surface area contributed by atoms with Gasteiger partial charge in [0.15, 0.2) is 0 Å². The van der Waals surface area contributed by atoms with E-state index in [-0.39, 0.29) is 0 Å². The second-order valence-electron chi connectivity index (χ2n) is 4.74. The minimum Gasteiger partial charge on any atom is -0.494 e. The minimum absolute atomic E-state index is 0.836. The van der Waals surface area contributed by atoms with Crippen molar-refractivity contribution in [2.24, 2.45) is 0 Å². The Hall–Kier alpha value is -0.760. The Bertz CT molecular complexity index is 343. The van der Waals surface area contributed by atoms with Gasteiger partial charge in [-0.05, 0) is 24.1 Å². The molecule has 0 unspecified atom stereocenters. The number of benzene rings is 1. The standard InChI is InChI=1S/C17H25BrO/c1-2-3-4-5-6-7-15-19-17-12-10-16(11-13-17)9-8-14-18/h8-13H,2-7,14-15H2,1H3. The molecule has 0 aromatic heterocycles. The Morgan fingerprint density at radius 2 is 1.68 bits per heavy atom. The van der Waals surface area contributed by atoms with Gasteiger partial charge in [-0.2, -0.15) is 0 Å². The lowest BCUT2D eigenvalue weighted by Crippen LogP contribution is -1.97. The van der Waals surface area contributed by atoms with Gasteiger partial charge < -0.3 is 4.74 Å². The first-order valence-corrected chi connectivity index (χ1v) is 8.44. The Morgan fingerprint density at radius 1 is 1.00 bits per heavy atom. The second kappa shape index (κ2) is 11.1. The highest BCUT2D eigenvalue weighted by Crippen LogP contribution is 2.14. The van der Waals surface area contributed by atoms with Gasteiger partial charge in [0.25, 0.3) is 0 Å². The lowest BCUT2D eigenvalue weighted by Gasteiger charge is -2.06. The first kappa shape index (κ1) is 16.3. The maximum atomic E-state index is 5.74. The largest absolute Gasteiger partial charge is 0.494 e. The molecule has 1 rings (SSSR count). The number of alkyl halides is 1. The van der Waals surface area contributed by atoms with Crippen molar-refractivity contribution in [3.63, 3.8) is 0 Å². The molecule has 2 heteroatoms. The third-order valence-electron chi connectivity index (χ3n) is 3.05. The molecular weight excluding hydrogens is 300 g/mol. The first-order chi connectivity index (χ1) is 9.36. The first-order valence-electron chi connectivity index (χ1n) is 7.32. The number of hydrogen-bond donors (Lipinski definition) is 0. The van der Waals surface area contributed by atoms with Crippen LogP contribution in [0.15, 0.2) is 30.3 Å². The highest BCUT2D eigenvalue weighted by molar-refractivity contribution is 9.09. The van der Waals surface area contributed by atoms with E-state index in [1.807, 2.05) is 12.1 Å². The van der Waals surface area contributed by atoms with E-state index < -0.39 is 0 Å².